The van der Waals surface area contributed by atoms with Crippen molar-refractivity contribution < 1.29 is 19.4 Å². The Bertz CT molecular complexity index is 584. The van der Waals surface area contributed by atoms with Gasteiger partial charge in [-0.25, -0.2) is 4.79 Å². The summed E-state index contributed by atoms with van der Waals surface area (Å²) in [7, 11) is 0. The molecule has 0 fully saturated rings. The molecule has 0 radical (unpaired) electrons. The highest BCUT2D eigenvalue weighted by atomic mass is 16.6. The molecule has 0 amide bonds. The van der Waals surface area contributed by atoms with E-state index in [0.29, 0.717) is 24.0 Å². The van der Waals surface area contributed by atoms with E-state index in [1.807, 2.05) is 34.6 Å². The van der Waals surface area contributed by atoms with E-state index in [2.05, 4.69) is 0 Å². The first-order valence-corrected chi connectivity index (χ1v) is 8.32. The molecule has 4 nitrogen and oxygen atoms in total. The van der Waals surface area contributed by atoms with Crippen LogP contribution in [-0.2, 0) is 4.74 Å². The molecule has 4 heteroatoms. The van der Waals surface area contributed by atoms with E-state index in [9.17, 15) is 14.7 Å². The van der Waals surface area contributed by atoms with Crippen LogP contribution in [0, 0.1) is 5.41 Å². The molecular weight excluding hydrogens is 304 g/mol. The summed E-state index contributed by atoms with van der Waals surface area (Å²) in [5, 5.41) is 9.81. The highest BCUT2D eigenvalue weighted by Crippen LogP contribution is 2.24. The van der Waals surface area contributed by atoms with Crippen molar-refractivity contribution in [2.75, 3.05) is 0 Å². The zero-order chi connectivity index (χ0) is 18.8. The highest BCUT2D eigenvalue weighted by molar-refractivity contribution is 6.00. The standard InChI is InChI=1S/C20H30O4/c1-18(2,3)16(21)14-8-10-15(11-9-14)17(22)24-20(6,7)13-12-19(4,5)23/h8-11,23H,12-13H2,1-7H3. The Balaban J connectivity index is 2.77. The van der Waals surface area contributed by atoms with Gasteiger partial charge in [-0.15, -0.1) is 0 Å². The molecule has 0 aliphatic carbocycles. The minimum absolute atomic E-state index is 0.0351. The molecule has 1 N–H and O–H groups in total. The fourth-order valence-corrected chi connectivity index (χ4v) is 2.16. The van der Waals surface area contributed by atoms with Gasteiger partial charge in [0, 0.05) is 11.0 Å². The fourth-order valence-electron chi connectivity index (χ4n) is 2.16. The van der Waals surface area contributed by atoms with Gasteiger partial charge < -0.3 is 9.84 Å². The molecule has 1 aromatic rings. The van der Waals surface area contributed by atoms with Gasteiger partial charge in [0.1, 0.15) is 5.60 Å². The first-order chi connectivity index (χ1) is 10.7. The van der Waals surface area contributed by atoms with E-state index in [1.54, 1.807) is 38.1 Å². The Kier molecular flexibility index (Phi) is 5.99. The smallest absolute Gasteiger partial charge is 0.338 e. The predicted molar refractivity (Wildman–Crippen MR) is 95.3 cm³/mol. The highest BCUT2D eigenvalue weighted by Gasteiger charge is 2.27. The van der Waals surface area contributed by atoms with Gasteiger partial charge in [-0.3, -0.25) is 4.79 Å². The van der Waals surface area contributed by atoms with E-state index in [1.165, 1.54) is 0 Å². The Morgan fingerprint density at radius 1 is 0.875 bits per heavy atom. The molecule has 134 valence electrons. The van der Waals surface area contributed by atoms with Crippen LogP contribution in [0.5, 0.6) is 0 Å². The van der Waals surface area contributed by atoms with Crippen LogP contribution in [0.3, 0.4) is 0 Å². The van der Waals surface area contributed by atoms with Crippen molar-refractivity contribution in [3.05, 3.63) is 35.4 Å². The van der Waals surface area contributed by atoms with Crippen molar-refractivity contribution >= 4 is 11.8 Å². The second-order valence-electron chi connectivity index (χ2n) is 8.62. The zero-order valence-electron chi connectivity index (χ0n) is 15.9. The first-order valence-electron chi connectivity index (χ1n) is 8.32. The van der Waals surface area contributed by atoms with Crippen LogP contribution >= 0.6 is 0 Å². The Labute approximate surface area is 145 Å². The molecule has 0 bridgehead atoms. The molecule has 24 heavy (non-hydrogen) atoms. The minimum Gasteiger partial charge on any atom is -0.456 e. The number of Topliss-reactive ketones (excluding diaryl/α,β-unsaturated/α-hetero) is 1. The molecule has 0 aromatic heterocycles. The Hall–Kier alpha value is -1.68. The summed E-state index contributed by atoms with van der Waals surface area (Å²) < 4.78 is 5.55. The van der Waals surface area contributed by atoms with Crippen molar-refractivity contribution in [3.63, 3.8) is 0 Å². The van der Waals surface area contributed by atoms with Crippen molar-refractivity contribution in [1.29, 1.82) is 0 Å². The Morgan fingerprint density at radius 3 is 1.75 bits per heavy atom. The van der Waals surface area contributed by atoms with E-state index < -0.39 is 22.6 Å². The largest absolute Gasteiger partial charge is 0.456 e. The minimum atomic E-state index is -0.793. The van der Waals surface area contributed by atoms with Crippen LogP contribution in [0.25, 0.3) is 0 Å². The van der Waals surface area contributed by atoms with Crippen molar-refractivity contribution in [1.82, 2.24) is 0 Å². The van der Waals surface area contributed by atoms with E-state index in [0.717, 1.165) is 0 Å². The van der Waals surface area contributed by atoms with Gasteiger partial charge in [-0.2, -0.15) is 0 Å². The molecule has 1 rings (SSSR count). The van der Waals surface area contributed by atoms with E-state index in [4.69, 9.17) is 4.74 Å². The van der Waals surface area contributed by atoms with Crippen molar-refractivity contribution in [2.45, 2.75) is 72.5 Å². The van der Waals surface area contributed by atoms with Gasteiger partial charge >= 0.3 is 5.97 Å². The number of carbonyl (C=O) groups excluding carboxylic acids is 2. The third-order valence-corrected chi connectivity index (χ3v) is 3.77. The molecule has 0 aliphatic rings. The van der Waals surface area contributed by atoms with Crippen LogP contribution in [0.2, 0.25) is 0 Å². The van der Waals surface area contributed by atoms with Gasteiger partial charge in [-0.05, 0) is 52.7 Å². The van der Waals surface area contributed by atoms with E-state index in [-0.39, 0.29) is 5.78 Å². The molecule has 0 saturated heterocycles. The lowest BCUT2D eigenvalue weighted by Crippen LogP contribution is -2.31. The van der Waals surface area contributed by atoms with Gasteiger partial charge in [0.2, 0.25) is 0 Å². The van der Waals surface area contributed by atoms with Crippen LogP contribution in [0.15, 0.2) is 24.3 Å². The average molecular weight is 334 g/mol. The lowest BCUT2D eigenvalue weighted by atomic mass is 9.86. The van der Waals surface area contributed by atoms with Gasteiger partial charge in [0.25, 0.3) is 0 Å². The number of ether oxygens (including phenoxy) is 1. The summed E-state index contributed by atoms with van der Waals surface area (Å²) in [6.07, 6.45) is 1.09. The maximum atomic E-state index is 12.3. The summed E-state index contributed by atoms with van der Waals surface area (Å²) in [4.78, 5) is 24.5. The third-order valence-electron chi connectivity index (χ3n) is 3.77. The monoisotopic (exact) mass is 334 g/mol. The van der Waals surface area contributed by atoms with E-state index >= 15 is 0 Å². The number of hydrogen-bond acceptors (Lipinski definition) is 4. The second-order valence-corrected chi connectivity index (χ2v) is 8.62. The first kappa shape index (κ1) is 20.4. The maximum Gasteiger partial charge on any atom is 0.338 e. The molecular formula is C20H30O4. The summed E-state index contributed by atoms with van der Waals surface area (Å²) in [5.41, 5.74) is -0.923. The van der Waals surface area contributed by atoms with Gasteiger partial charge in [-0.1, -0.05) is 32.9 Å². The van der Waals surface area contributed by atoms with Crippen LogP contribution in [-0.4, -0.2) is 28.1 Å². The average Bonchev–Trinajstić information content (AvgIpc) is 2.42. The molecule has 0 saturated carbocycles. The number of esters is 1. The van der Waals surface area contributed by atoms with Crippen LogP contribution in [0.1, 0.15) is 82.0 Å². The second kappa shape index (κ2) is 7.06. The number of ketones is 1. The summed E-state index contributed by atoms with van der Waals surface area (Å²) in [6, 6.07) is 6.56. The lowest BCUT2D eigenvalue weighted by Gasteiger charge is -2.28. The summed E-state index contributed by atoms with van der Waals surface area (Å²) in [5.74, 6) is -0.390. The molecule has 0 aliphatic heterocycles. The third kappa shape index (κ3) is 6.44. The number of rotatable bonds is 6. The molecule has 1 aromatic carbocycles. The molecule has 0 spiro atoms. The number of carbonyl (C=O) groups is 2. The SMILES string of the molecule is CC(C)(O)CCC(C)(C)OC(=O)c1ccc(C(=O)C(C)(C)C)cc1. The quantitative estimate of drug-likeness (QED) is 0.618. The predicted octanol–water partition coefficient (Wildman–Crippen LogP) is 4.40. The molecule has 0 atom stereocenters. The number of benzene rings is 1. The summed E-state index contributed by atoms with van der Waals surface area (Å²) >= 11 is 0. The van der Waals surface area contributed by atoms with Crippen molar-refractivity contribution in [2.24, 2.45) is 5.41 Å². The Morgan fingerprint density at radius 2 is 1.33 bits per heavy atom. The van der Waals surface area contributed by atoms with Crippen LogP contribution in [0.4, 0.5) is 0 Å². The van der Waals surface area contributed by atoms with Gasteiger partial charge in [0.15, 0.2) is 5.78 Å². The van der Waals surface area contributed by atoms with Crippen molar-refractivity contribution in [3.8, 4) is 0 Å². The maximum absolute atomic E-state index is 12.3. The lowest BCUT2D eigenvalue weighted by molar-refractivity contribution is -0.0197. The van der Waals surface area contributed by atoms with Crippen LogP contribution < -0.4 is 0 Å². The molecule has 0 unspecified atom stereocenters. The number of hydrogen-bond donors (Lipinski definition) is 1. The topological polar surface area (TPSA) is 63.6 Å². The number of aliphatic hydroxyl groups is 1. The normalized spacial score (nSPS) is 12.8. The molecule has 0 heterocycles. The zero-order valence-corrected chi connectivity index (χ0v) is 15.9. The van der Waals surface area contributed by atoms with Gasteiger partial charge in [0.05, 0.1) is 11.2 Å². The fraction of sp³-hybridized carbons (Fsp3) is 0.600. The summed E-state index contributed by atoms with van der Waals surface area (Å²) in [6.45, 7) is 12.7.